The predicted octanol–water partition coefficient (Wildman–Crippen LogP) is -1.05. The van der Waals surface area contributed by atoms with E-state index in [0.29, 0.717) is 11.7 Å². The molecule has 6 heteroatoms. The molecule has 0 unspecified atom stereocenters. The van der Waals surface area contributed by atoms with Gasteiger partial charge in [-0.05, 0) is 5.21 Å². The summed E-state index contributed by atoms with van der Waals surface area (Å²) in [6, 6.07) is 0. The highest BCUT2D eigenvalue weighted by Gasteiger charge is 1.93. The van der Waals surface area contributed by atoms with Gasteiger partial charge >= 0.3 is 0 Å². The molecule has 0 bridgehead atoms. The molecule has 0 aliphatic rings. The Bertz CT molecular complexity index is 188. The molecular weight excluding hydrogens is 140 g/mol. The Balaban J connectivity index is 2.61. The van der Waals surface area contributed by atoms with Crippen molar-refractivity contribution in [1.82, 2.24) is 20.2 Å². The molecule has 1 aromatic rings. The molecule has 9 heavy (non-hydrogen) atoms. The topological polar surface area (TPSA) is 63.8 Å². The van der Waals surface area contributed by atoms with Crippen LogP contribution < -0.4 is 0 Å². The fourth-order valence-electron chi connectivity index (χ4n) is 0.419. The van der Waals surface area contributed by atoms with Gasteiger partial charge in [-0.25, -0.2) is 0 Å². The molecule has 5 nitrogen and oxygen atoms in total. The van der Waals surface area contributed by atoms with E-state index < -0.39 is 0 Å². The zero-order chi connectivity index (χ0) is 6.69. The Morgan fingerprint density at radius 2 is 2.44 bits per heavy atom. The molecule has 0 saturated carbocycles. The average molecular weight is 146 g/mol. The second-order valence-electron chi connectivity index (χ2n) is 1.41. The quantitative estimate of drug-likeness (QED) is 0.523. The number of aliphatic hydroxyl groups is 1. The Labute approximate surface area is 57.1 Å². The highest BCUT2D eigenvalue weighted by Crippen LogP contribution is 1.89. The van der Waals surface area contributed by atoms with Crippen LogP contribution in [0.2, 0.25) is 0 Å². The van der Waals surface area contributed by atoms with Crippen molar-refractivity contribution in [3.8, 4) is 0 Å². The number of rotatable bonds is 2. The summed E-state index contributed by atoms with van der Waals surface area (Å²) in [5, 5.41) is 19.4. The van der Waals surface area contributed by atoms with Crippen molar-refractivity contribution >= 4 is 12.6 Å². The first-order valence-electron chi connectivity index (χ1n) is 2.40. The summed E-state index contributed by atoms with van der Waals surface area (Å²) in [6.07, 6.45) is 0. The molecule has 1 heterocycles. The van der Waals surface area contributed by atoms with Gasteiger partial charge in [-0.3, -0.25) is 0 Å². The zero-order valence-electron chi connectivity index (χ0n) is 4.60. The Hall–Kier alpha value is -0.620. The van der Waals surface area contributed by atoms with Crippen LogP contribution in [0.4, 0.5) is 0 Å². The molecule has 1 aromatic heterocycles. The molecule has 0 saturated heterocycles. The third-order valence-electron chi connectivity index (χ3n) is 0.742. The van der Waals surface area contributed by atoms with Crippen molar-refractivity contribution in [2.24, 2.45) is 0 Å². The van der Waals surface area contributed by atoms with Crippen LogP contribution in [0.1, 0.15) is 0 Å². The molecule has 0 aromatic carbocycles. The van der Waals surface area contributed by atoms with Crippen LogP contribution in [-0.2, 0) is 6.54 Å². The molecule has 0 atom stereocenters. The third kappa shape index (κ3) is 1.65. The van der Waals surface area contributed by atoms with E-state index in [9.17, 15) is 0 Å². The van der Waals surface area contributed by atoms with Crippen molar-refractivity contribution in [1.29, 1.82) is 0 Å². The lowest BCUT2D eigenvalue weighted by molar-refractivity contribution is 0.258. The summed E-state index contributed by atoms with van der Waals surface area (Å²) in [6.45, 7) is 0.386. The van der Waals surface area contributed by atoms with E-state index in [1.54, 1.807) is 0 Å². The number of hydrogen-bond donors (Lipinski definition) is 2. The van der Waals surface area contributed by atoms with Crippen LogP contribution in [0.5, 0.6) is 0 Å². The molecule has 0 amide bonds. The van der Waals surface area contributed by atoms with Gasteiger partial charge in [0.25, 0.3) is 0 Å². The van der Waals surface area contributed by atoms with E-state index in [4.69, 9.17) is 5.11 Å². The van der Waals surface area contributed by atoms with Crippen molar-refractivity contribution in [3.05, 3.63) is 0 Å². The van der Waals surface area contributed by atoms with Crippen LogP contribution in [0.15, 0.2) is 5.16 Å². The van der Waals surface area contributed by atoms with Crippen molar-refractivity contribution in [2.75, 3.05) is 6.61 Å². The van der Waals surface area contributed by atoms with Gasteiger partial charge in [0.1, 0.15) is 0 Å². The first-order valence-corrected chi connectivity index (χ1v) is 2.85. The van der Waals surface area contributed by atoms with E-state index >= 15 is 0 Å². The molecular formula is C3H6N4OS. The molecule has 0 fully saturated rings. The molecule has 0 aliphatic heterocycles. The lowest BCUT2D eigenvalue weighted by Crippen LogP contribution is -2.05. The maximum Gasteiger partial charge on any atom is 0.228 e. The van der Waals surface area contributed by atoms with Gasteiger partial charge < -0.3 is 5.11 Å². The van der Waals surface area contributed by atoms with E-state index in [1.807, 2.05) is 0 Å². The number of aliphatic hydroxyl groups excluding tert-OH is 1. The molecule has 0 aliphatic carbocycles. The van der Waals surface area contributed by atoms with E-state index in [0.717, 1.165) is 0 Å². The fourth-order valence-corrected chi connectivity index (χ4v) is 0.562. The summed E-state index contributed by atoms with van der Waals surface area (Å²) in [5.41, 5.74) is 0. The zero-order valence-corrected chi connectivity index (χ0v) is 5.49. The van der Waals surface area contributed by atoms with Crippen LogP contribution in [0, 0.1) is 0 Å². The summed E-state index contributed by atoms with van der Waals surface area (Å²) < 4.78 is 0. The number of tetrazole rings is 1. The van der Waals surface area contributed by atoms with Crippen LogP contribution in [0.3, 0.4) is 0 Å². The average Bonchev–Trinajstić information content (AvgIpc) is 2.17. The maximum absolute atomic E-state index is 8.38. The monoisotopic (exact) mass is 146 g/mol. The Morgan fingerprint density at radius 1 is 1.67 bits per heavy atom. The highest BCUT2D eigenvalue weighted by atomic mass is 32.1. The van der Waals surface area contributed by atoms with Crippen molar-refractivity contribution < 1.29 is 5.11 Å². The molecule has 1 N–H and O–H groups in total. The number of aromatic nitrogens is 4. The summed E-state index contributed by atoms with van der Waals surface area (Å²) in [7, 11) is 0. The fraction of sp³-hybridized carbons (Fsp3) is 0.667. The minimum absolute atomic E-state index is 0.0174. The molecule has 0 radical (unpaired) electrons. The molecule has 1 rings (SSSR count). The van der Waals surface area contributed by atoms with Gasteiger partial charge in [0, 0.05) is 0 Å². The second-order valence-corrected chi connectivity index (χ2v) is 1.81. The first kappa shape index (κ1) is 6.50. The summed E-state index contributed by atoms with van der Waals surface area (Å²) in [4.78, 5) is 1.28. The third-order valence-corrected chi connectivity index (χ3v) is 0.921. The molecule has 0 spiro atoms. The van der Waals surface area contributed by atoms with E-state index in [2.05, 4.69) is 28.0 Å². The van der Waals surface area contributed by atoms with Crippen LogP contribution >= 0.6 is 12.6 Å². The van der Waals surface area contributed by atoms with Gasteiger partial charge in [0.05, 0.1) is 13.2 Å². The normalized spacial score (nSPS) is 10.0. The van der Waals surface area contributed by atoms with Gasteiger partial charge in [-0.2, -0.15) is 4.80 Å². The lowest BCUT2D eigenvalue weighted by Gasteiger charge is -1.88. The lowest BCUT2D eigenvalue weighted by atomic mass is 10.7. The largest absolute Gasteiger partial charge is 0.394 e. The van der Waals surface area contributed by atoms with Gasteiger partial charge in [-0.1, -0.05) is 12.6 Å². The minimum Gasteiger partial charge on any atom is -0.394 e. The van der Waals surface area contributed by atoms with Crippen molar-refractivity contribution in [2.45, 2.75) is 11.7 Å². The second kappa shape index (κ2) is 2.79. The number of nitrogens with zero attached hydrogens (tertiary/aromatic N) is 4. The number of hydrogen-bond acceptors (Lipinski definition) is 5. The standard InChI is InChI=1S/C3H6N4OS/c8-2-1-7-5-3(9)4-6-7/h8H,1-2H2,(H,5,9). The van der Waals surface area contributed by atoms with Crippen molar-refractivity contribution in [3.63, 3.8) is 0 Å². The highest BCUT2D eigenvalue weighted by molar-refractivity contribution is 7.80. The summed E-state index contributed by atoms with van der Waals surface area (Å²) in [5.74, 6) is 0. The SMILES string of the molecule is OCCn1nnc(S)n1. The maximum atomic E-state index is 8.38. The van der Waals surface area contributed by atoms with Gasteiger partial charge in [0.15, 0.2) is 0 Å². The number of thiol groups is 1. The van der Waals surface area contributed by atoms with E-state index in [-0.39, 0.29) is 6.61 Å². The summed E-state index contributed by atoms with van der Waals surface area (Å²) >= 11 is 3.81. The molecule has 50 valence electrons. The van der Waals surface area contributed by atoms with Gasteiger partial charge in [0.2, 0.25) is 5.16 Å². The predicted molar refractivity (Wildman–Crippen MR) is 32.2 cm³/mol. The first-order chi connectivity index (χ1) is 4.33. The Kier molecular flexibility index (Phi) is 2.01. The van der Waals surface area contributed by atoms with Crippen LogP contribution in [-0.4, -0.2) is 31.9 Å². The van der Waals surface area contributed by atoms with Crippen LogP contribution in [0.25, 0.3) is 0 Å². The Morgan fingerprint density at radius 3 is 2.89 bits per heavy atom. The van der Waals surface area contributed by atoms with Gasteiger partial charge in [-0.15, -0.1) is 10.2 Å². The van der Waals surface area contributed by atoms with E-state index in [1.165, 1.54) is 4.80 Å². The smallest absolute Gasteiger partial charge is 0.228 e. The minimum atomic E-state index is 0.0174.